The fourth-order valence-corrected chi connectivity index (χ4v) is 2.63. The van der Waals surface area contributed by atoms with E-state index >= 15 is 0 Å². The van der Waals surface area contributed by atoms with Crippen molar-refractivity contribution in [1.29, 1.82) is 0 Å². The van der Waals surface area contributed by atoms with Gasteiger partial charge in [0.15, 0.2) is 0 Å². The van der Waals surface area contributed by atoms with Crippen molar-refractivity contribution in [2.75, 3.05) is 6.54 Å². The van der Waals surface area contributed by atoms with E-state index in [1.54, 1.807) is 0 Å². The largest absolute Gasteiger partial charge is 0.491 e. The van der Waals surface area contributed by atoms with Crippen LogP contribution in [0.15, 0.2) is 24.3 Å². The first-order valence-electron chi connectivity index (χ1n) is 6.84. The van der Waals surface area contributed by atoms with Crippen molar-refractivity contribution in [3.05, 3.63) is 29.8 Å². The molecule has 1 aromatic carbocycles. The Kier molecular flexibility index (Phi) is 4.10. The molecule has 2 atom stereocenters. The van der Waals surface area contributed by atoms with Crippen LogP contribution in [0.3, 0.4) is 0 Å². The molecule has 2 N–H and O–H groups in total. The number of likely N-dealkylation sites (tertiary alicyclic amines) is 1. The molecule has 0 spiro atoms. The monoisotopic (exact) mass is 262 g/mol. The van der Waals surface area contributed by atoms with Crippen molar-refractivity contribution in [3.8, 4) is 5.75 Å². The Hall–Kier alpha value is -1.55. The van der Waals surface area contributed by atoms with Gasteiger partial charge in [-0.2, -0.15) is 0 Å². The van der Waals surface area contributed by atoms with E-state index in [9.17, 15) is 4.79 Å². The standard InChI is InChI=1S/C15H22N2O2/c1-4-17-14(18)9-13(16)15(17)11-5-7-12(8-6-11)19-10(2)3/h5-8,10,13,15H,4,9,16H2,1-3H3. The summed E-state index contributed by atoms with van der Waals surface area (Å²) in [5, 5.41) is 0. The van der Waals surface area contributed by atoms with Gasteiger partial charge in [-0.05, 0) is 38.5 Å². The quantitative estimate of drug-likeness (QED) is 0.904. The summed E-state index contributed by atoms with van der Waals surface area (Å²) in [7, 11) is 0. The van der Waals surface area contributed by atoms with Crippen LogP contribution in [-0.2, 0) is 4.79 Å². The van der Waals surface area contributed by atoms with E-state index in [4.69, 9.17) is 10.5 Å². The Bertz CT molecular complexity index is 442. The number of rotatable bonds is 4. The van der Waals surface area contributed by atoms with Gasteiger partial charge < -0.3 is 15.4 Å². The van der Waals surface area contributed by atoms with Crippen molar-refractivity contribution in [1.82, 2.24) is 4.90 Å². The van der Waals surface area contributed by atoms with Gasteiger partial charge in [0.1, 0.15) is 5.75 Å². The summed E-state index contributed by atoms with van der Waals surface area (Å²) in [6.07, 6.45) is 0.594. The Balaban J connectivity index is 2.19. The summed E-state index contributed by atoms with van der Waals surface area (Å²) in [4.78, 5) is 13.7. The minimum absolute atomic E-state index is 0.00870. The minimum atomic E-state index is -0.121. The number of carbonyl (C=O) groups excluding carboxylic acids is 1. The van der Waals surface area contributed by atoms with Crippen LogP contribution in [-0.4, -0.2) is 29.5 Å². The zero-order valence-electron chi connectivity index (χ0n) is 11.8. The molecule has 1 heterocycles. The maximum Gasteiger partial charge on any atom is 0.224 e. The highest BCUT2D eigenvalue weighted by atomic mass is 16.5. The molecule has 0 aromatic heterocycles. The average molecular weight is 262 g/mol. The predicted octanol–water partition coefficient (Wildman–Crippen LogP) is 2.09. The van der Waals surface area contributed by atoms with Crippen LogP contribution in [0.1, 0.15) is 38.8 Å². The van der Waals surface area contributed by atoms with Gasteiger partial charge in [-0.25, -0.2) is 0 Å². The molecule has 0 aliphatic carbocycles. The molecule has 1 amide bonds. The van der Waals surface area contributed by atoms with E-state index in [-0.39, 0.29) is 24.1 Å². The third kappa shape index (κ3) is 2.89. The molecule has 2 rings (SSSR count). The zero-order valence-corrected chi connectivity index (χ0v) is 11.8. The van der Waals surface area contributed by atoms with Crippen molar-refractivity contribution < 1.29 is 9.53 Å². The van der Waals surface area contributed by atoms with Crippen molar-refractivity contribution in [2.24, 2.45) is 5.73 Å². The van der Waals surface area contributed by atoms with Crippen molar-refractivity contribution in [3.63, 3.8) is 0 Å². The molecule has 19 heavy (non-hydrogen) atoms. The molecule has 0 radical (unpaired) electrons. The van der Waals surface area contributed by atoms with E-state index in [1.807, 2.05) is 49.9 Å². The third-order valence-corrected chi connectivity index (χ3v) is 3.41. The maximum absolute atomic E-state index is 11.8. The van der Waals surface area contributed by atoms with Gasteiger partial charge in [0.25, 0.3) is 0 Å². The van der Waals surface area contributed by atoms with Gasteiger partial charge in [0.2, 0.25) is 5.91 Å². The first kappa shape index (κ1) is 13.9. The van der Waals surface area contributed by atoms with Gasteiger partial charge in [-0.1, -0.05) is 12.1 Å². The molecule has 1 aromatic rings. The number of amides is 1. The van der Waals surface area contributed by atoms with Crippen molar-refractivity contribution in [2.45, 2.75) is 45.4 Å². The van der Waals surface area contributed by atoms with E-state index in [1.165, 1.54) is 0 Å². The summed E-state index contributed by atoms with van der Waals surface area (Å²) in [5.74, 6) is 0.988. The first-order valence-corrected chi connectivity index (χ1v) is 6.84. The molecule has 1 saturated heterocycles. The number of benzene rings is 1. The molecule has 0 bridgehead atoms. The molecule has 4 nitrogen and oxygen atoms in total. The lowest BCUT2D eigenvalue weighted by molar-refractivity contribution is -0.128. The fraction of sp³-hybridized carbons (Fsp3) is 0.533. The number of hydrogen-bond acceptors (Lipinski definition) is 3. The highest BCUT2D eigenvalue weighted by molar-refractivity contribution is 5.80. The Morgan fingerprint density at radius 3 is 2.53 bits per heavy atom. The summed E-state index contributed by atoms with van der Waals surface area (Å²) < 4.78 is 5.62. The molecular weight excluding hydrogens is 240 g/mol. The number of nitrogens with zero attached hydrogens (tertiary/aromatic N) is 1. The second kappa shape index (κ2) is 5.61. The summed E-state index contributed by atoms with van der Waals surface area (Å²) in [6, 6.07) is 7.76. The summed E-state index contributed by atoms with van der Waals surface area (Å²) >= 11 is 0. The van der Waals surface area contributed by atoms with Gasteiger partial charge in [0, 0.05) is 19.0 Å². The summed E-state index contributed by atoms with van der Waals surface area (Å²) in [6.45, 7) is 6.68. The Morgan fingerprint density at radius 2 is 2.00 bits per heavy atom. The molecular formula is C15H22N2O2. The number of carbonyl (C=O) groups is 1. The lowest BCUT2D eigenvalue weighted by Crippen LogP contribution is -2.32. The molecule has 104 valence electrons. The van der Waals surface area contributed by atoms with E-state index < -0.39 is 0 Å². The number of ether oxygens (including phenoxy) is 1. The smallest absolute Gasteiger partial charge is 0.224 e. The lowest BCUT2D eigenvalue weighted by Gasteiger charge is -2.26. The fourth-order valence-electron chi connectivity index (χ4n) is 2.63. The Labute approximate surface area is 114 Å². The van der Waals surface area contributed by atoms with E-state index in [0.717, 1.165) is 11.3 Å². The van der Waals surface area contributed by atoms with Gasteiger partial charge in [0.05, 0.1) is 12.1 Å². The summed E-state index contributed by atoms with van der Waals surface area (Å²) in [5.41, 5.74) is 7.17. The van der Waals surface area contributed by atoms with Crippen LogP contribution in [0.4, 0.5) is 0 Å². The van der Waals surface area contributed by atoms with Crippen LogP contribution < -0.4 is 10.5 Å². The number of hydrogen-bond donors (Lipinski definition) is 1. The van der Waals surface area contributed by atoms with Gasteiger partial charge >= 0.3 is 0 Å². The first-order chi connectivity index (χ1) is 9.02. The molecule has 4 heteroatoms. The predicted molar refractivity (Wildman–Crippen MR) is 74.9 cm³/mol. The molecule has 0 saturated carbocycles. The van der Waals surface area contributed by atoms with Crippen LogP contribution >= 0.6 is 0 Å². The molecule has 2 unspecified atom stereocenters. The van der Waals surface area contributed by atoms with Crippen LogP contribution in [0, 0.1) is 0 Å². The Morgan fingerprint density at radius 1 is 1.37 bits per heavy atom. The van der Waals surface area contributed by atoms with Gasteiger partial charge in [-0.15, -0.1) is 0 Å². The molecule has 1 aliphatic heterocycles. The van der Waals surface area contributed by atoms with E-state index in [2.05, 4.69) is 0 Å². The van der Waals surface area contributed by atoms with E-state index in [0.29, 0.717) is 13.0 Å². The zero-order chi connectivity index (χ0) is 14.0. The average Bonchev–Trinajstić information content (AvgIpc) is 2.64. The second-order valence-electron chi connectivity index (χ2n) is 5.23. The SMILES string of the molecule is CCN1C(=O)CC(N)C1c1ccc(OC(C)C)cc1. The lowest BCUT2D eigenvalue weighted by atomic mass is 10.0. The topological polar surface area (TPSA) is 55.6 Å². The number of nitrogens with two attached hydrogens (primary N) is 1. The second-order valence-corrected chi connectivity index (χ2v) is 5.23. The highest BCUT2D eigenvalue weighted by Crippen LogP contribution is 2.32. The molecule has 1 fully saturated rings. The third-order valence-electron chi connectivity index (χ3n) is 3.41. The molecule has 1 aliphatic rings. The van der Waals surface area contributed by atoms with Gasteiger partial charge in [-0.3, -0.25) is 4.79 Å². The van der Waals surface area contributed by atoms with Crippen LogP contribution in [0.5, 0.6) is 5.75 Å². The minimum Gasteiger partial charge on any atom is -0.491 e. The van der Waals surface area contributed by atoms with Crippen LogP contribution in [0.25, 0.3) is 0 Å². The van der Waals surface area contributed by atoms with Crippen LogP contribution in [0.2, 0.25) is 0 Å². The highest BCUT2D eigenvalue weighted by Gasteiger charge is 2.37. The normalized spacial score (nSPS) is 23.2. The number of likely N-dealkylation sites (N-methyl/N-ethyl adjacent to an activating group) is 1. The maximum atomic E-state index is 11.8. The van der Waals surface area contributed by atoms with Crippen molar-refractivity contribution >= 4 is 5.91 Å².